The monoisotopic (exact) mass is 545 g/mol. The summed E-state index contributed by atoms with van der Waals surface area (Å²) in [5.74, 6) is -0.973. The van der Waals surface area contributed by atoms with Crippen LogP contribution in [0.4, 0.5) is 0 Å². The van der Waals surface area contributed by atoms with Gasteiger partial charge in [0.05, 0.1) is 24.5 Å². The van der Waals surface area contributed by atoms with Crippen molar-refractivity contribution < 1.29 is 29.1 Å². The molecular formula is C32H40BNO6. The molecule has 2 aliphatic heterocycles. The topological polar surface area (TPSA) is 96.3 Å². The van der Waals surface area contributed by atoms with Crippen LogP contribution in [0.25, 0.3) is 16.8 Å². The fourth-order valence-corrected chi connectivity index (χ4v) is 7.14. The fourth-order valence-electron chi connectivity index (χ4n) is 7.14. The lowest BCUT2D eigenvalue weighted by Crippen LogP contribution is -2.46. The van der Waals surface area contributed by atoms with Crippen molar-refractivity contribution in [3.8, 4) is 5.75 Å². The first-order valence-corrected chi connectivity index (χ1v) is 14.7. The molecule has 1 aliphatic carbocycles. The Hall–Kier alpha value is -2.94. The number of carbonyl (C=O) groups is 2. The van der Waals surface area contributed by atoms with Crippen molar-refractivity contribution in [1.29, 1.82) is 0 Å². The molecule has 0 radical (unpaired) electrons. The minimum absolute atomic E-state index is 0.0867. The average Bonchev–Trinajstić information content (AvgIpc) is 3.18. The number of phenolic OH excluding ortho intramolecular Hbond substituents is 1. The Balaban J connectivity index is 1.45. The van der Waals surface area contributed by atoms with Gasteiger partial charge in [0.25, 0.3) is 0 Å². The summed E-state index contributed by atoms with van der Waals surface area (Å²) in [5, 5.41) is 23.0. The second kappa shape index (κ2) is 12.3. The van der Waals surface area contributed by atoms with Crippen molar-refractivity contribution in [2.45, 2.75) is 64.8 Å². The highest BCUT2D eigenvalue weighted by Gasteiger charge is 2.57. The Labute approximate surface area is 237 Å². The standard InChI is InChI=1S/C32H40BNO6/c1-4-8-20(16-21-12-13-27(35)24-10-7-6-9-23(21)24)11-14-28-29-22(19-39-3)17-25-30(26(29)18-33(38)40-28)32(37)34(15-5-2)31(25)36/h6-7,9-10,12-13,16,25-26,28,30,35,38H,4-5,8,11,14-15,17-19H2,1-3H3/b20-16+/t25-,26+,28-,30-/m1/s1. The zero-order valence-electron chi connectivity index (χ0n) is 23.8. The number of nitrogens with zero attached hydrogens (tertiary/aromatic N) is 1. The van der Waals surface area contributed by atoms with Gasteiger partial charge in [0.15, 0.2) is 0 Å². The number of phenols is 1. The van der Waals surface area contributed by atoms with Crippen LogP contribution in [0.3, 0.4) is 0 Å². The van der Waals surface area contributed by atoms with Gasteiger partial charge in [0.2, 0.25) is 11.8 Å². The van der Waals surface area contributed by atoms with E-state index in [-0.39, 0.29) is 35.5 Å². The van der Waals surface area contributed by atoms with E-state index < -0.39 is 13.0 Å². The molecule has 2 saturated heterocycles. The summed E-state index contributed by atoms with van der Waals surface area (Å²) in [7, 11) is 0.668. The molecule has 212 valence electrons. The summed E-state index contributed by atoms with van der Waals surface area (Å²) in [6.07, 6.45) is 6.75. The van der Waals surface area contributed by atoms with E-state index in [2.05, 4.69) is 13.0 Å². The van der Waals surface area contributed by atoms with Crippen LogP contribution in [0.2, 0.25) is 6.32 Å². The molecule has 0 unspecified atom stereocenters. The van der Waals surface area contributed by atoms with E-state index in [0.717, 1.165) is 53.2 Å². The van der Waals surface area contributed by atoms with Crippen LogP contribution in [0, 0.1) is 17.8 Å². The molecule has 2 heterocycles. The van der Waals surface area contributed by atoms with Gasteiger partial charge in [-0.2, -0.15) is 0 Å². The molecule has 0 spiro atoms. The molecule has 40 heavy (non-hydrogen) atoms. The van der Waals surface area contributed by atoms with Crippen LogP contribution in [0.15, 0.2) is 53.1 Å². The van der Waals surface area contributed by atoms with Gasteiger partial charge >= 0.3 is 7.12 Å². The van der Waals surface area contributed by atoms with Crippen molar-refractivity contribution in [2.24, 2.45) is 17.8 Å². The Kier molecular flexibility index (Phi) is 8.78. The predicted octanol–water partition coefficient (Wildman–Crippen LogP) is 5.36. The molecule has 3 aliphatic rings. The summed E-state index contributed by atoms with van der Waals surface area (Å²) in [5.41, 5.74) is 4.42. The Bertz CT molecular complexity index is 1340. The van der Waals surface area contributed by atoms with Gasteiger partial charge < -0.3 is 19.5 Å². The molecule has 0 saturated carbocycles. The molecule has 2 aromatic carbocycles. The van der Waals surface area contributed by atoms with Crippen LogP contribution in [-0.2, 0) is 19.0 Å². The van der Waals surface area contributed by atoms with E-state index in [9.17, 15) is 19.7 Å². The molecule has 7 nitrogen and oxygen atoms in total. The number of hydrogen-bond donors (Lipinski definition) is 2. The zero-order valence-corrected chi connectivity index (χ0v) is 23.8. The molecule has 5 rings (SSSR count). The number of methoxy groups -OCH3 is 1. The zero-order chi connectivity index (χ0) is 28.4. The van der Waals surface area contributed by atoms with E-state index in [1.165, 1.54) is 10.5 Å². The minimum atomic E-state index is -0.982. The normalized spacial score (nSPS) is 25.1. The molecule has 2 aromatic rings. The van der Waals surface area contributed by atoms with E-state index in [1.54, 1.807) is 13.2 Å². The highest BCUT2D eigenvalue weighted by molar-refractivity contribution is 6.43. The highest BCUT2D eigenvalue weighted by Crippen LogP contribution is 2.50. The molecule has 4 atom stereocenters. The third-order valence-corrected chi connectivity index (χ3v) is 8.76. The lowest BCUT2D eigenvalue weighted by molar-refractivity contribution is -0.140. The Morgan fingerprint density at radius 3 is 2.58 bits per heavy atom. The van der Waals surface area contributed by atoms with Crippen molar-refractivity contribution in [3.05, 3.63) is 58.7 Å². The second-order valence-corrected chi connectivity index (χ2v) is 11.4. The summed E-state index contributed by atoms with van der Waals surface area (Å²) >= 11 is 0. The molecule has 2 N–H and O–H groups in total. The molecule has 8 heteroatoms. The molecule has 0 bridgehead atoms. The smallest absolute Gasteiger partial charge is 0.455 e. The number of hydrogen-bond acceptors (Lipinski definition) is 6. The maximum Gasteiger partial charge on any atom is 0.455 e. The first kappa shape index (κ1) is 28.6. The highest BCUT2D eigenvalue weighted by atomic mass is 16.5. The van der Waals surface area contributed by atoms with Crippen LogP contribution < -0.4 is 0 Å². The van der Waals surface area contributed by atoms with Gasteiger partial charge in [-0.05, 0) is 72.5 Å². The van der Waals surface area contributed by atoms with E-state index in [4.69, 9.17) is 9.39 Å². The number of imide groups is 1. The van der Waals surface area contributed by atoms with Gasteiger partial charge in [-0.25, -0.2) is 0 Å². The average molecular weight is 545 g/mol. The SMILES string of the molecule is CCC/C(=C\c1ccc(O)c2ccccc12)CC[C@H]1OB(O)C[C@H]2C1=C(COC)C[C@H]1C(=O)N(CCC)C(=O)[C@H]12. The summed E-state index contributed by atoms with van der Waals surface area (Å²) in [4.78, 5) is 28.1. The predicted molar refractivity (Wildman–Crippen MR) is 156 cm³/mol. The Morgan fingerprint density at radius 1 is 1.07 bits per heavy atom. The van der Waals surface area contributed by atoms with Crippen molar-refractivity contribution >= 4 is 35.8 Å². The number of carbonyl (C=O) groups excluding carboxylic acids is 2. The minimum Gasteiger partial charge on any atom is -0.507 e. The van der Waals surface area contributed by atoms with Gasteiger partial charge in [-0.3, -0.25) is 14.5 Å². The van der Waals surface area contributed by atoms with E-state index in [1.807, 2.05) is 37.3 Å². The number of allylic oxidation sites excluding steroid dienone is 1. The van der Waals surface area contributed by atoms with Crippen LogP contribution in [0.5, 0.6) is 5.75 Å². The third kappa shape index (κ3) is 5.37. The largest absolute Gasteiger partial charge is 0.507 e. The number of ether oxygens (including phenoxy) is 1. The first-order chi connectivity index (χ1) is 19.4. The Morgan fingerprint density at radius 2 is 1.85 bits per heavy atom. The summed E-state index contributed by atoms with van der Waals surface area (Å²) < 4.78 is 11.7. The summed E-state index contributed by atoms with van der Waals surface area (Å²) in [6, 6.07) is 11.6. The first-order valence-electron chi connectivity index (χ1n) is 14.7. The molecule has 2 amide bonds. The van der Waals surface area contributed by atoms with Crippen LogP contribution in [0.1, 0.15) is 57.9 Å². The number of aromatic hydroxyl groups is 1. The lowest BCUT2D eigenvalue weighted by Gasteiger charge is -2.43. The van der Waals surface area contributed by atoms with Crippen molar-refractivity contribution in [2.75, 3.05) is 20.3 Å². The number of fused-ring (bicyclic) bond motifs is 4. The van der Waals surface area contributed by atoms with Crippen molar-refractivity contribution in [1.82, 2.24) is 4.90 Å². The lowest BCUT2D eigenvalue weighted by atomic mass is 9.58. The van der Waals surface area contributed by atoms with E-state index >= 15 is 0 Å². The van der Waals surface area contributed by atoms with Gasteiger partial charge in [-0.1, -0.05) is 62.2 Å². The molecular weight excluding hydrogens is 505 g/mol. The van der Waals surface area contributed by atoms with Crippen LogP contribution >= 0.6 is 0 Å². The number of likely N-dealkylation sites (tertiary alicyclic amines) is 1. The number of rotatable bonds is 10. The maximum absolute atomic E-state index is 13.5. The second-order valence-electron chi connectivity index (χ2n) is 11.4. The maximum atomic E-state index is 13.5. The van der Waals surface area contributed by atoms with Crippen molar-refractivity contribution in [3.63, 3.8) is 0 Å². The van der Waals surface area contributed by atoms with Crippen LogP contribution in [-0.4, -0.2) is 60.3 Å². The van der Waals surface area contributed by atoms with Gasteiger partial charge in [-0.15, -0.1) is 0 Å². The third-order valence-electron chi connectivity index (χ3n) is 8.76. The molecule has 2 fully saturated rings. The number of benzene rings is 2. The van der Waals surface area contributed by atoms with E-state index in [0.29, 0.717) is 32.3 Å². The fraction of sp³-hybridized carbons (Fsp3) is 0.500. The van der Waals surface area contributed by atoms with Gasteiger partial charge in [0.1, 0.15) is 5.75 Å². The quantitative estimate of drug-likeness (QED) is 0.237. The summed E-state index contributed by atoms with van der Waals surface area (Å²) in [6.45, 7) is 4.95. The molecule has 0 aromatic heterocycles. The van der Waals surface area contributed by atoms with Gasteiger partial charge in [0, 0.05) is 19.0 Å². The number of amides is 2.